The number of anilines is 1. The fraction of sp³-hybridized carbons (Fsp3) is 0.300. The van der Waals surface area contributed by atoms with Crippen molar-refractivity contribution < 1.29 is 22.5 Å². The molecule has 0 aliphatic carbocycles. The number of amidine groups is 1. The van der Waals surface area contributed by atoms with Crippen molar-refractivity contribution in [2.75, 3.05) is 11.7 Å². The molecule has 0 spiro atoms. The van der Waals surface area contributed by atoms with E-state index in [0.717, 1.165) is 5.01 Å². The molecule has 0 fully saturated rings. The molecule has 0 saturated heterocycles. The second kappa shape index (κ2) is 4.94. The van der Waals surface area contributed by atoms with Gasteiger partial charge in [0.1, 0.15) is 18.2 Å². The Bertz CT molecular complexity index is 593. The molecule has 0 N–H and O–H groups in total. The molecular weight excluding hydrogens is 284 g/mol. The zero-order chi connectivity index (χ0) is 15.0. The molecule has 2 rings (SSSR count). The van der Waals surface area contributed by atoms with E-state index in [1.807, 2.05) is 0 Å². The second-order valence-electron chi connectivity index (χ2n) is 3.95. The van der Waals surface area contributed by atoms with E-state index in [1.165, 1.54) is 6.92 Å². The molecule has 0 bridgehead atoms. The minimum Gasteiger partial charge on any atom is -0.283 e. The minimum absolute atomic E-state index is 0.0711. The quantitative estimate of drug-likeness (QED) is 0.372. The van der Waals surface area contributed by atoms with Gasteiger partial charge in [-0.15, -0.1) is 0 Å². The molecule has 0 unspecified atom stereocenters. The topological polar surface area (TPSA) is 62.0 Å². The van der Waals surface area contributed by atoms with Crippen LogP contribution in [-0.2, 0) is 0 Å². The molecule has 0 saturated carbocycles. The van der Waals surface area contributed by atoms with E-state index < -0.39 is 41.2 Å². The molecule has 20 heavy (non-hydrogen) atoms. The number of alkyl halides is 2. The van der Waals surface area contributed by atoms with Gasteiger partial charge in [-0.2, -0.15) is 18.3 Å². The van der Waals surface area contributed by atoms with Crippen LogP contribution in [0.25, 0.3) is 0 Å². The number of hydrazone groups is 1. The van der Waals surface area contributed by atoms with Crippen LogP contribution >= 0.6 is 0 Å². The summed E-state index contributed by atoms with van der Waals surface area (Å²) < 4.78 is 52.3. The lowest BCUT2D eigenvalue weighted by molar-refractivity contribution is -0.387. The van der Waals surface area contributed by atoms with Crippen LogP contribution < -0.4 is 5.01 Å². The number of nitrogens with zero attached hydrogens (tertiary/aromatic N) is 4. The van der Waals surface area contributed by atoms with Crippen molar-refractivity contribution in [2.45, 2.75) is 13.5 Å². The van der Waals surface area contributed by atoms with E-state index in [4.69, 9.17) is 0 Å². The first kappa shape index (κ1) is 14.0. The van der Waals surface area contributed by atoms with Gasteiger partial charge in [0.05, 0.1) is 11.0 Å². The van der Waals surface area contributed by atoms with Crippen LogP contribution in [0, 0.1) is 21.7 Å². The summed E-state index contributed by atoms with van der Waals surface area (Å²) in [7, 11) is 0. The number of hydrogen-bond acceptors (Lipinski definition) is 5. The van der Waals surface area contributed by atoms with Crippen LogP contribution in [0.1, 0.15) is 6.92 Å². The normalized spacial score (nSPS) is 15.0. The Morgan fingerprint density at radius 2 is 2.00 bits per heavy atom. The van der Waals surface area contributed by atoms with Gasteiger partial charge in [-0.3, -0.25) is 15.0 Å². The third-order valence-corrected chi connectivity index (χ3v) is 2.69. The van der Waals surface area contributed by atoms with E-state index in [0.29, 0.717) is 17.0 Å². The highest BCUT2D eigenvalue weighted by Crippen LogP contribution is 2.30. The van der Waals surface area contributed by atoms with Gasteiger partial charge in [-0.05, 0) is 6.92 Å². The summed E-state index contributed by atoms with van der Waals surface area (Å²) in [4.78, 5) is 9.94. The first-order chi connectivity index (χ1) is 9.31. The van der Waals surface area contributed by atoms with Gasteiger partial charge in [0.15, 0.2) is 5.82 Å². The number of nitro groups is 1. The smallest absolute Gasteiger partial charge is 0.283 e. The third kappa shape index (κ3) is 2.36. The lowest BCUT2D eigenvalue weighted by atomic mass is 10.2. The maximum Gasteiger partial charge on any atom is 0.317 e. The number of benzene rings is 1. The fourth-order valence-electron chi connectivity index (χ4n) is 1.71. The Kier molecular flexibility index (Phi) is 3.47. The van der Waals surface area contributed by atoms with Gasteiger partial charge >= 0.3 is 12.2 Å². The molecule has 0 radical (unpaired) electrons. The molecule has 0 aromatic heterocycles. The molecule has 10 heteroatoms. The highest BCUT2D eigenvalue weighted by Gasteiger charge is 2.30. The summed E-state index contributed by atoms with van der Waals surface area (Å²) in [6, 6.07) is 0.944. The fourth-order valence-corrected chi connectivity index (χ4v) is 1.71. The highest BCUT2D eigenvalue weighted by atomic mass is 19.3. The van der Waals surface area contributed by atoms with Crippen molar-refractivity contribution in [1.82, 2.24) is 4.90 Å². The van der Waals surface area contributed by atoms with Crippen LogP contribution in [0.3, 0.4) is 0 Å². The van der Waals surface area contributed by atoms with E-state index in [-0.39, 0.29) is 5.84 Å². The number of rotatable bonds is 3. The SMILES string of the molecule is CC1=NN(c2cc(F)c([N+](=O)[O-])cc2F)CN1C(F)F. The average Bonchev–Trinajstić information content (AvgIpc) is 2.73. The maximum atomic E-state index is 13.7. The lowest BCUT2D eigenvalue weighted by Gasteiger charge is -2.19. The third-order valence-electron chi connectivity index (χ3n) is 2.69. The second-order valence-corrected chi connectivity index (χ2v) is 3.95. The first-order valence-electron chi connectivity index (χ1n) is 5.32. The minimum atomic E-state index is -2.84. The Morgan fingerprint density at radius 3 is 2.50 bits per heavy atom. The van der Waals surface area contributed by atoms with Crippen LogP contribution in [0.5, 0.6) is 0 Å². The Hall–Kier alpha value is -2.39. The zero-order valence-electron chi connectivity index (χ0n) is 10.1. The van der Waals surface area contributed by atoms with Crippen molar-refractivity contribution >= 4 is 17.2 Å². The number of nitro benzene ring substituents is 1. The predicted octanol–water partition coefficient (Wildman–Crippen LogP) is 2.51. The maximum absolute atomic E-state index is 13.7. The monoisotopic (exact) mass is 292 g/mol. The Morgan fingerprint density at radius 1 is 1.35 bits per heavy atom. The molecule has 1 aliphatic heterocycles. The number of halogens is 4. The highest BCUT2D eigenvalue weighted by molar-refractivity contribution is 5.83. The van der Waals surface area contributed by atoms with Crippen molar-refractivity contribution in [3.63, 3.8) is 0 Å². The summed E-state index contributed by atoms with van der Waals surface area (Å²) in [5, 5.41) is 14.9. The molecule has 0 atom stereocenters. The van der Waals surface area contributed by atoms with Crippen molar-refractivity contribution in [2.24, 2.45) is 5.10 Å². The molecule has 1 aliphatic rings. The summed E-state index contributed by atoms with van der Waals surface area (Å²) in [5.41, 5.74) is -1.48. The van der Waals surface area contributed by atoms with Crippen molar-refractivity contribution in [3.05, 3.63) is 33.9 Å². The van der Waals surface area contributed by atoms with Gasteiger partial charge in [-0.25, -0.2) is 9.40 Å². The number of hydrogen-bond donors (Lipinski definition) is 0. The van der Waals surface area contributed by atoms with Gasteiger partial charge in [0.25, 0.3) is 0 Å². The van der Waals surface area contributed by atoms with E-state index in [2.05, 4.69) is 5.10 Å². The summed E-state index contributed by atoms with van der Waals surface area (Å²) in [6.45, 7) is -2.03. The average molecular weight is 292 g/mol. The molecule has 6 nitrogen and oxygen atoms in total. The molecule has 108 valence electrons. The first-order valence-corrected chi connectivity index (χ1v) is 5.32. The molecule has 0 amide bonds. The standard InChI is InChI=1S/C10H8F4N4O2/c1-5-15-17(4-16(5)10(13)14)8-2-7(12)9(18(19)20)3-6(8)11/h2-3,10H,4H2,1H3. The predicted molar refractivity (Wildman–Crippen MR) is 61.3 cm³/mol. The van der Waals surface area contributed by atoms with Gasteiger partial charge in [0.2, 0.25) is 5.82 Å². The van der Waals surface area contributed by atoms with Gasteiger partial charge in [-0.1, -0.05) is 0 Å². The summed E-state index contributed by atoms with van der Waals surface area (Å²) in [5.74, 6) is -2.46. The van der Waals surface area contributed by atoms with Crippen LogP contribution in [-0.4, -0.2) is 28.9 Å². The van der Waals surface area contributed by atoms with Gasteiger partial charge < -0.3 is 0 Å². The molecule has 1 aromatic rings. The van der Waals surface area contributed by atoms with Crippen LogP contribution in [0.15, 0.2) is 17.2 Å². The Labute approximate surface area is 110 Å². The largest absolute Gasteiger partial charge is 0.317 e. The van der Waals surface area contributed by atoms with E-state index >= 15 is 0 Å². The van der Waals surface area contributed by atoms with E-state index in [9.17, 15) is 27.7 Å². The van der Waals surface area contributed by atoms with Crippen molar-refractivity contribution in [1.29, 1.82) is 0 Å². The summed E-state index contributed by atoms with van der Waals surface area (Å²) >= 11 is 0. The lowest BCUT2D eigenvalue weighted by Crippen LogP contribution is -2.34. The van der Waals surface area contributed by atoms with E-state index in [1.54, 1.807) is 0 Å². The molecular formula is C10H8F4N4O2. The molecule has 1 heterocycles. The zero-order valence-corrected chi connectivity index (χ0v) is 10.1. The van der Waals surface area contributed by atoms with Crippen molar-refractivity contribution in [3.8, 4) is 0 Å². The van der Waals surface area contributed by atoms with Crippen LogP contribution in [0.4, 0.5) is 28.9 Å². The molecule has 1 aromatic carbocycles. The van der Waals surface area contributed by atoms with Crippen LogP contribution in [0.2, 0.25) is 0 Å². The van der Waals surface area contributed by atoms with Gasteiger partial charge in [0, 0.05) is 6.07 Å². The Balaban J connectivity index is 2.36. The summed E-state index contributed by atoms with van der Waals surface area (Å²) in [6.07, 6.45) is 0.